The molecule has 26 heavy (non-hydrogen) atoms. The predicted octanol–water partition coefficient (Wildman–Crippen LogP) is 7.90. The average molecular weight is 379 g/mol. The van der Waals surface area contributed by atoms with Gasteiger partial charge in [-0.05, 0) is 103 Å². The third-order valence-corrected chi connectivity index (χ3v) is 12.9. The van der Waals surface area contributed by atoms with E-state index in [1.165, 1.54) is 25.7 Å². The third kappa shape index (κ3) is 4.07. The Labute approximate surface area is 166 Å². The van der Waals surface area contributed by atoms with E-state index in [0.717, 1.165) is 64.6 Å². The highest BCUT2D eigenvalue weighted by Crippen LogP contribution is 2.67. The summed E-state index contributed by atoms with van der Waals surface area (Å²) < 4.78 is 0. The second kappa shape index (κ2) is 8.43. The monoisotopic (exact) mass is 378 g/mol. The fourth-order valence-electron chi connectivity index (χ4n) is 7.33. The molecular formula is C25H47P. The van der Waals surface area contributed by atoms with E-state index >= 15 is 0 Å². The van der Waals surface area contributed by atoms with Crippen molar-refractivity contribution < 1.29 is 0 Å². The molecule has 2 aliphatic carbocycles. The summed E-state index contributed by atoms with van der Waals surface area (Å²) in [6, 6.07) is 0. The maximum absolute atomic E-state index is 2.50. The Bertz CT molecular complexity index is 413. The first-order chi connectivity index (χ1) is 12.2. The van der Waals surface area contributed by atoms with E-state index in [-0.39, 0.29) is 7.92 Å². The van der Waals surface area contributed by atoms with Gasteiger partial charge in [-0.2, -0.15) is 0 Å². The van der Waals surface area contributed by atoms with E-state index in [1.54, 1.807) is 12.6 Å². The minimum Gasteiger partial charge on any atom is -0.0998 e. The van der Waals surface area contributed by atoms with Gasteiger partial charge in [0.15, 0.2) is 0 Å². The molecule has 1 heteroatoms. The molecule has 0 aromatic heterocycles. The van der Waals surface area contributed by atoms with Gasteiger partial charge in [0.05, 0.1) is 0 Å². The van der Waals surface area contributed by atoms with Crippen LogP contribution in [0.2, 0.25) is 0 Å². The summed E-state index contributed by atoms with van der Waals surface area (Å²) in [5.41, 5.74) is 2.14. The molecule has 0 amide bonds. The first-order valence-electron chi connectivity index (χ1n) is 12.0. The Morgan fingerprint density at radius 2 is 1.04 bits per heavy atom. The molecule has 0 radical (unpaired) electrons. The summed E-state index contributed by atoms with van der Waals surface area (Å²) in [6.07, 6.45) is 9.31. The number of hydrogen-bond donors (Lipinski definition) is 0. The zero-order chi connectivity index (χ0) is 19.2. The van der Waals surface area contributed by atoms with Gasteiger partial charge in [0.25, 0.3) is 0 Å². The maximum Gasteiger partial charge on any atom is -0.0183 e. The maximum atomic E-state index is 2.50. The molecule has 2 saturated carbocycles. The Balaban J connectivity index is 1.66. The molecule has 1 saturated heterocycles. The van der Waals surface area contributed by atoms with Gasteiger partial charge in [-0.25, -0.2) is 0 Å². The van der Waals surface area contributed by atoms with Crippen LogP contribution in [0.3, 0.4) is 0 Å². The standard InChI is InChI=1S/C25H47P/c1-15(2)19-9-10-20(16(3)4)25-21(24(19)25)13-14-26-22(17(5)6)11-12-23(26)18(7)8/h15-25H,9-14H2,1-8H3. The molecule has 0 nitrogen and oxygen atoms in total. The summed E-state index contributed by atoms with van der Waals surface area (Å²) >= 11 is 0. The molecule has 0 bridgehead atoms. The van der Waals surface area contributed by atoms with Crippen LogP contribution in [0.5, 0.6) is 0 Å². The molecule has 6 unspecified atom stereocenters. The summed E-state index contributed by atoms with van der Waals surface area (Å²) in [7, 11) is 0.270. The van der Waals surface area contributed by atoms with Crippen molar-refractivity contribution in [1.29, 1.82) is 0 Å². The predicted molar refractivity (Wildman–Crippen MR) is 119 cm³/mol. The zero-order valence-electron chi connectivity index (χ0n) is 19.0. The molecule has 0 spiro atoms. The molecule has 1 heterocycles. The highest BCUT2D eigenvalue weighted by atomic mass is 31.1. The topological polar surface area (TPSA) is 0 Å². The minimum atomic E-state index is 0.270. The van der Waals surface area contributed by atoms with Crippen LogP contribution in [0, 0.1) is 53.3 Å². The average Bonchev–Trinajstić information content (AvgIpc) is 3.09. The van der Waals surface area contributed by atoms with Crippen LogP contribution in [-0.4, -0.2) is 17.5 Å². The summed E-state index contributed by atoms with van der Waals surface area (Å²) in [4.78, 5) is 0. The Kier molecular flexibility index (Phi) is 6.86. The molecule has 152 valence electrons. The highest BCUT2D eigenvalue weighted by Gasteiger charge is 2.59. The fraction of sp³-hybridized carbons (Fsp3) is 1.00. The largest absolute Gasteiger partial charge is 0.0998 e. The van der Waals surface area contributed by atoms with Crippen LogP contribution < -0.4 is 0 Å². The smallest absolute Gasteiger partial charge is 0.0183 e. The lowest BCUT2D eigenvalue weighted by molar-refractivity contribution is 0.175. The molecule has 0 aromatic rings. The van der Waals surface area contributed by atoms with Crippen molar-refractivity contribution in [3.8, 4) is 0 Å². The molecule has 0 N–H and O–H groups in total. The van der Waals surface area contributed by atoms with E-state index in [9.17, 15) is 0 Å². The Morgan fingerprint density at radius 3 is 1.38 bits per heavy atom. The van der Waals surface area contributed by atoms with Gasteiger partial charge in [-0.15, -0.1) is 0 Å². The molecular weight excluding hydrogens is 331 g/mol. The molecule has 6 atom stereocenters. The van der Waals surface area contributed by atoms with E-state index in [2.05, 4.69) is 55.4 Å². The quantitative estimate of drug-likeness (QED) is 0.395. The first-order valence-corrected chi connectivity index (χ1v) is 13.7. The van der Waals surface area contributed by atoms with E-state index in [0.29, 0.717) is 0 Å². The van der Waals surface area contributed by atoms with Crippen LogP contribution in [0.25, 0.3) is 0 Å². The van der Waals surface area contributed by atoms with Crippen molar-refractivity contribution in [3.05, 3.63) is 0 Å². The number of rotatable bonds is 7. The van der Waals surface area contributed by atoms with Crippen LogP contribution in [0.1, 0.15) is 87.5 Å². The summed E-state index contributed by atoms with van der Waals surface area (Å²) in [5.74, 6) is 9.02. The molecule has 0 aromatic carbocycles. The zero-order valence-corrected chi connectivity index (χ0v) is 19.9. The van der Waals surface area contributed by atoms with Crippen molar-refractivity contribution in [2.45, 2.75) is 98.8 Å². The third-order valence-electron chi connectivity index (χ3n) is 8.70. The van der Waals surface area contributed by atoms with Crippen molar-refractivity contribution in [2.75, 3.05) is 6.16 Å². The Hall–Kier alpha value is 0.430. The van der Waals surface area contributed by atoms with Gasteiger partial charge in [-0.1, -0.05) is 63.3 Å². The van der Waals surface area contributed by atoms with E-state index < -0.39 is 0 Å². The molecule has 3 rings (SSSR count). The second-order valence-electron chi connectivity index (χ2n) is 11.4. The van der Waals surface area contributed by atoms with Gasteiger partial charge < -0.3 is 0 Å². The van der Waals surface area contributed by atoms with E-state index in [1.807, 2.05) is 0 Å². The normalized spacial score (nSPS) is 42.9. The van der Waals surface area contributed by atoms with Gasteiger partial charge in [-0.3, -0.25) is 0 Å². The Morgan fingerprint density at radius 1 is 0.615 bits per heavy atom. The molecule has 1 aliphatic heterocycles. The van der Waals surface area contributed by atoms with Crippen LogP contribution in [0.4, 0.5) is 0 Å². The lowest BCUT2D eigenvalue weighted by atomic mass is 9.73. The first kappa shape index (κ1) is 21.1. The molecule has 3 aliphatic rings. The lowest BCUT2D eigenvalue weighted by Gasteiger charge is -2.32. The second-order valence-corrected chi connectivity index (χ2v) is 14.2. The van der Waals surface area contributed by atoms with Gasteiger partial charge in [0.2, 0.25) is 0 Å². The minimum absolute atomic E-state index is 0.270. The number of hydrogen-bond acceptors (Lipinski definition) is 0. The van der Waals surface area contributed by atoms with Crippen molar-refractivity contribution >= 4 is 7.92 Å². The SMILES string of the molecule is CC(C)C1CCC(C(C)C)C2C(CCP3C(C(C)C)CCC3C(C)C)C12. The van der Waals surface area contributed by atoms with Crippen LogP contribution in [-0.2, 0) is 0 Å². The molecule has 3 fully saturated rings. The van der Waals surface area contributed by atoms with Gasteiger partial charge >= 0.3 is 0 Å². The fourth-order valence-corrected chi connectivity index (χ4v) is 11.6. The lowest BCUT2D eigenvalue weighted by Crippen LogP contribution is -2.24. The van der Waals surface area contributed by atoms with E-state index in [4.69, 9.17) is 0 Å². The van der Waals surface area contributed by atoms with Crippen molar-refractivity contribution in [2.24, 2.45) is 53.3 Å². The highest BCUT2D eigenvalue weighted by molar-refractivity contribution is 7.59. The van der Waals surface area contributed by atoms with Gasteiger partial charge in [0.1, 0.15) is 0 Å². The summed E-state index contributed by atoms with van der Waals surface area (Å²) in [5, 5.41) is 0. The number of fused-ring (bicyclic) bond motifs is 1. The van der Waals surface area contributed by atoms with Crippen molar-refractivity contribution in [1.82, 2.24) is 0 Å². The van der Waals surface area contributed by atoms with Crippen LogP contribution in [0.15, 0.2) is 0 Å². The summed E-state index contributed by atoms with van der Waals surface area (Å²) in [6.45, 7) is 20.0. The van der Waals surface area contributed by atoms with Crippen molar-refractivity contribution in [3.63, 3.8) is 0 Å². The van der Waals surface area contributed by atoms with Crippen LogP contribution >= 0.6 is 7.92 Å². The van der Waals surface area contributed by atoms with Gasteiger partial charge in [0, 0.05) is 0 Å².